The van der Waals surface area contributed by atoms with Crippen molar-refractivity contribution in [3.05, 3.63) is 51.2 Å². The zero-order valence-electron chi connectivity index (χ0n) is 15.1. The Morgan fingerprint density at radius 2 is 2.08 bits per heavy atom. The molecule has 138 valence electrons. The molecule has 0 radical (unpaired) electrons. The van der Waals surface area contributed by atoms with Crippen LogP contribution in [-0.2, 0) is 17.6 Å². The maximum Gasteiger partial charge on any atom is 0.279 e. The Hall–Kier alpha value is -2.34. The molecule has 3 rings (SSSR count). The Morgan fingerprint density at radius 1 is 1.27 bits per heavy atom. The highest BCUT2D eigenvalue weighted by atomic mass is 32.1. The second-order valence-corrected chi connectivity index (χ2v) is 7.91. The Morgan fingerprint density at radius 3 is 2.88 bits per heavy atom. The number of hydrazine groups is 1. The fourth-order valence-electron chi connectivity index (χ4n) is 3.04. The molecule has 2 amide bonds. The number of hydrogen-bond acceptors (Lipinski definition) is 4. The standard InChI is InChI=1S/C20H24N2O3S/c1-13-7-8-17-15(11-13)12-18(26-17)20(24)22-21-19(23)9-10-25-16-6-4-3-5-14(16)2/h3-6,12-13H,7-11H2,1-2H3,(H,21,23)(H,22,24)/t13-/m0/s1. The van der Waals surface area contributed by atoms with Crippen LogP contribution >= 0.6 is 11.3 Å². The molecule has 1 aromatic heterocycles. The highest BCUT2D eigenvalue weighted by molar-refractivity contribution is 7.14. The van der Waals surface area contributed by atoms with Crippen LogP contribution in [0.1, 0.15) is 45.4 Å². The average Bonchev–Trinajstić information content (AvgIpc) is 3.04. The third-order valence-electron chi connectivity index (χ3n) is 4.55. The number of ether oxygens (including phenoxy) is 1. The van der Waals surface area contributed by atoms with Crippen molar-refractivity contribution < 1.29 is 14.3 Å². The molecule has 1 aromatic carbocycles. The molecular weight excluding hydrogens is 348 g/mol. The first kappa shape index (κ1) is 18.5. The van der Waals surface area contributed by atoms with Gasteiger partial charge < -0.3 is 4.74 Å². The van der Waals surface area contributed by atoms with Crippen LogP contribution in [0.3, 0.4) is 0 Å². The number of amides is 2. The number of nitrogens with one attached hydrogen (secondary N) is 2. The van der Waals surface area contributed by atoms with Gasteiger partial charge in [0.15, 0.2) is 0 Å². The van der Waals surface area contributed by atoms with E-state index in [-0.39, 0.29) is 24.8 Å². The lowest BCUT2D eigenvalue weighted by atomic mass is 9.90. The summed E-state index contributed by atoms with van der Waals surface area (Å²) >= 11 is 1.53. The van der Waals surface area contributed by atoms with E-state index >= 15 is 0 Å². The summed E-state index contributed by atoms with van der Waals surface area (Å²) in [4.78, 5) is 26.1. The topological polar surface area (TPSA) is 67.4 Å². The van der Waals surface area contributed by atoms with E-state index in [9.17, 15) is 9.59 Å². The van der Waals surface area contributed by atoms with E-state index in [4.69, 9.17) is 4.74 Å². The molecule has 6 heteroatoms. The molecule has 0 unspecified atom stereocenters. The number of benzene rings is 1. The van der Waals surface area contributed by atoms with Crippen molar-refractivity contribution in [1.29, 1.82) is 0 Å². The van der Waals surface area contributed by atoms with E-state index in [1.807, 2.05) is 37.3 Å². The molecule has 1 aliphatic carbocycles. The van der Waals surface area contributed by atoms with Crippen LogP contribution in [0.25, 0.3) is 0 Å². The minimum atomic E-state index is -0.276. The van der Waals surface area contributed by atoms with E-state index < -0.39 is 0 Å². The number of carbonyl (C=O) groups excluding carboxylic acids is 2. The fourth-order valence-corrected chi connectivity index (χ4v) is 4.14. The summed E-state index contributed by atoms with van der Waals surface area (Å²) in [5.41, 5.74) is 7.25. The summed E-state index contributed by atoms with van der Waals surface area (Å²) in [5.74, 6) is 0.899. The fraction of sp³-hybridized carbons (Fsp3) is 0.400. The predicted molar refractivity (Wildman–Crippen MR) is 102 cm³/mol. The summed E-state index contributed by atoms with van der Waals surface area (Å²) < 4.78 is 5.59. The molecular formula is C20H24N2O3S. The third-order valence-corrected chi connectivity index (χ3v) is 5.78. The molecule has 0 saturated carbocycles. The number of para-hydroxylation sites is 1. The largest absolute Gasteiger partial charge is 0.493 e. The highest BCUT2D eigenvalue weighted by Gasteiger charge is 2.20. The van der Waals surface area contributed by atoms with Crippen LogP contribution in [0.15, 0.2) is 30.3 Å². The lowest BCUT2D eigenvalue weighted by Gasteiger charge is -2.16. The Bertz CT molecular complexity index is 800. The monoisotopic (exact) mass is 372 g/mol. The van der Waals surface area contributed by atoms with Gasteiger partial charge in [0, 0.05) is 4.88 Å². The molecule has 0 fully saturated rings. The maximum atomic E-state index is 12.2. The van der Waals surface area contributed by atoms with Gasteiger partial charge in [0.1, 0.15) is 5.75 Å². The van der Waals surface area contributed by atoms with Gasteiger partial charge in [-0.3, -0.25) is 20.4 Å². The summed E-state index contributed by atoms with van der Waals surface area (Å²) in [5, 5.41) is 0. The van der Waals surface area contributed by atoms with Crippen LogP contribution in [0.4, 0.5) is 0 Å². The first-order valence-electron chi connectivity index (χ1n) is 8.92. The second-order valence-electron chi connectivity index (χ2n) is 6.77. The number of fused-ring (bicyclic) bond motifs is 1. The smallest absolute Gasteiger partial charge is 0.279 e. The van der Waals surface area contributed by atoms with Crippen LogP contribution < -0.4 is 15.6 Å². The lowest BCUT2D eigenvalue weighted by molar-refractivity contribution is -0.122. The van der Waals surface area contributed by atoms with E-state index in [0.717, 1.165) is 24.2 Å². The second kappa shape index (κ2) is 8.36. The number of thiophene rings is 1. The van der Waals surface area contributed by atoms with Gasteiger partial charge in [-0.05, 0) is 55.4 Å². The van der Waals surface area contributed by atoms with Crippen molar-refractivity contribution in [1.82, 2.24) is 10.9 Å². The molecule has 1 atom stereocenters. The Kier molecular flexibility index (Phi) is 5.93. The molecule has 0 bridgehead atoms. The molecule has 0 saturated heterocycles. The summed E-state index contributed by atoms with van der Waals surface area (Å²) in [6, 6.07) is 9.61. The van der Waals surface area contributed by atoms with Crippen LogP contribution in [-0.4, -0.2) is 18.4 Å². The van der Waals surface area contributed by atoms with Crippen molar-refractivity contribution >= 4 is 23.2 Å². The lowest BCUT2D eigenvalue weighted by Crippen LogP contribution is -2.41. The maximum absolute atomic E-state index is 12.2. The molecule has 1 aliphatic rings. The molecule has 2 N–H and O–H groups in total. The summed E-state index contributed by atoms with van der Waals surface area (Å²) in [7, 11) is 0. The molecule has 0 spiro atoms. The quantitative estimate of drug-likeness (QED) is 0.791. The van der Waals surface area contributed by atoms with Gasteiger partial charge in [-0.25, -0.2) is 0 Å². The number of aryl methyl sites for hydroxylation is 2. The minimum Gasteiger partial charge on any atom is -0.493 e. The Balaban J connectivity index is 1.43. The average molecular weight is 372 g/mol. The van der Waals surface area contributed by atoms with Gasteiger partial charge in [-0.2, -0.15) is 0 Å². The molecule has 0 aliphatic heterocycles. The summed E-state index contributed by atoms with van der Waals surface area (Å²) in [6.45, 7) is 4.45. The van der Waals surface area contributed by atoms with Gasteiger partial charge >= 0.3 is 0 Å². The predicted octanol–water partition coefficient (Wildman–Crippen LogP) is 3.41. The van der Waals surface area contributed by atoms with Gasteiger partial charge in [0.05, 0.1) is 17.9 Å². The van der Waals surface area contributed by atoms with Crippen LogP contribution in [0, 0.1) is 12.8 Å². The third kappa shape index (κ3) is 4.64. The van der Waals surface area contributed by atoms with E-state index in [1.165, 1.54) is 28.2 Å². The highest BCUT2D eigenvalue weighted by Crippen LogP contribution is 2.32. The number of carbonyl (C=O) groups is 2. The number of hydrogen-bond donors (Lipinski definition) is 2. The Labute approximate surface area is 157 Å². The van der Waals surface area contributed by atoms with E-state index in [1.54, 1.807) is 0 Å². The zero-order chi connectivity index (χ0) is 18.5. The number of rotatable bonds is 5. The molecule has 5 nitrogen and oxygen atoms in total. The van der Waals surface area contributed by atoms with Gasteiger partial charge in [0.25, 0.3) is 5.91 Å². The van der Waals surface area contributed by atoms with E-state index in [0.29, 0.717) is 10.8 Å². The van der Waals surface area contributed by atoms with Gasteiger partial charge in [-0.15, -0.1) is 11.3 Å². The van der Waals surface area contributed by atoms with Crippen LogP contribution in [0.5, 0.6) is 5.75 Å². The minimum absolute atomic E-state index is 0.174. The molecule has 1 heterocycles. The van der Waals surface area contributed by atoms with E-state index in [2.05, 4.69) is 17.8 Å². The van der Waals surface area contributed by atoms with Crippen molar-refractivity contribution in [3.8, 4) is 5.75 Å². The van der Waals surface area contributed by atoms with Crippen LogP contribution in [0.2, 0.25) is 0 Å². The first-order chi connectivity index (χ1) is 12.5. The van der Waals surface area contributed by atoms with Gasteiger partial charge in [-0.1, -0.05) is 25.1 Å². The SMILES string of the molecule is Cc1ccccc1OCCC(=O)NNC(=O)c1cc2c(s1)CC[C@H](C)C2. The van der Waals surface area contributed by atoms with Gasteiger partial charge in [0.2, 0.25) is 5.91 Å². The first-order valence-corrected chi connectivity index (χ1v) is 9.74. The normalized spacial score (nSPS) is 15.8. The summed E-state index contributed by atoms with van der Waals surface area (Å²) in [6.07, 6.45) is 3.41. The molecule has 2 aromatic rings. The van der Waals surface area contributed by atoms with Crippen molar-refractivity contribution in [2.24, 2.45) is 5.92 Å². The van der Waals surface area contributed by atoms with Crippen molar-refractivity contribution in [2.45, 2.75) is 39.5 Å². The van der Waals surface area contributed by atoms with Crippen molar-refractivity contribution in [3.63, 3.8) is 0 Å². The molecule has 26 heavy (non-hydrogen) atoms. The zero-order valence-corrected chi connectivity index (χ0v) is 15.9. The van der Waals surface area contributed by atoms with Crippen molar-refractivity contribution in [2.75, 3.05) is 6.61 Å².